The van der Waals surface area contributed by atoms with E-state index in [0.717, 1.165) is 0 Å². The third kappa shape index (κ3) is 7.12. The summed E-state index contributed by atoms with van der Waals surface area (Å²) >= 11 is 0. The second-order valence-electron chi connectivity index (χ2n) is 1.30. The van der Waals surface area contributed by atoms with Gasteiger partial charge in [-0.15, -0.1) is 12.4 Å². The van der Waals surface area contributed by atoms with E-state index in [4.69, 9.17) is 0 Å². The average molecular weight is 193 g/mol. The molecule has 54 valence electrons. The minimum atomic E-state index is -0.178. The van der Waals surface area contributed by atoms with E-state index in [1.807, 2.05) is 0 Å². The minimum Gasteiger partial charge on any atom is -1.00 e. The van der Waals surface area contributed by atoms with Crippen LogP contribution in [0.5, 0.6) is 0 Å². The predicted octanol–water partition coefficient (Wildman–Crippen LogP) is -0.484. The smallest absolute Gasteiger partial charge is 1.00 e. The van der Waals surface area contributed by atoms with Crippen LogP contribution in [0.25, 0.3) is 0 Å². The Balaban J connectivity index is -0.0000000612. The zero-order valence-electron chi connectivity index (χ0n) is 6.58. The molecule has 0 atom stereocenters. The van der Waals surface area contributed by atoms with Crippen molar-refractivity contribution < 1.29 is 61.9 Å². The van der Waals surface area contributed by atoms with Gasteiger partial charge >= 0.3 is 51.4 Å². The van der Waals surface area contributed by atoms with Crippen molar-refractivity contribution in [1.29, 1.82) is 0 Å². The van der Waals surface area contributed by atoms with Crippen molar-refractivity contribution in [2.75, 3.05) is 0 Å². The Hall–Kier alpha value is 1.01. The monoisotopic (exact) mass is 192 g/mol. The molecule has 0 aliphatic rings. The van der Waals surface area contributed by atoms with Crippen LogP contribution in [0.2, 0.25) is 0 Å². The SMILES string of the molecule is Cl.F.Fc1ccccc1.[H-].[K+]. The quantitative estimate of drug-likeness (QED) is 0.487. The Morgan fingerprint density at radius 2 is 1.50 bits per heavy atom. The molecule has 0 saturated carbocycles. The number of benzene rings is 1. The van der Waals surface area contributed by atoms with Gasteiger partial charge in [-0.25, -0.2) is 4.39 Å². The molecule has 0 N–H and O–H groups in total. The van der Waals surface area contributed by atoms with E-state index >= 15 is 0 Å². The Labute approximate surface area is 109 Å². The molecule has 0 aliphatic carbocycles. The van der Waals surface area contributed by atoms with Gasteiger partial charge in [0.15, 0.2) is 0 Å². The Bertz CT molecular complexity index is 151. The van der Waals surface area contributed by atoms with Gasteiger partial charge in [-0.2, -0.15) is 0 Å². The summed E-state index contributed by atoms with van der Waals surface area (Å²) in [6, 6.07) is 7.94. The largest absolute Gasteiger partial charge is 1.00 e. The fourth-order valence-corrected chi connectivity index (χ4v) is 0.415. The van der Waals surface area contributed by atoms with E-state index in [0.29, 0.717) is 0 Å². The van der Waals surface area contributed by atoms with Gasteiger partial charge in [0.1, 0.15) is 5.82 Å². The van der Waals surface area contributed by atoms with E-state index < -0.39 is 0 Å². The molecular formula is C6H8ClF2K. The average Bonchev–Trinajstić information content (AvgIpc) is 1.69. The van der Waals surface area contributed by atoms with Crippen molar-refractivity contribution in [3.8, 4) is 0 Å². The predicted molar refractivity (Wildman–Crippen MR) is 37.3 cm³/mol. The Morgan fingerprint density at radius 1 is 1.10 bits per heavy atom. The number of halogens is 3. The molecule has 0 amide bonds. The van der Waals surface area contributed by atoms with Crippen LogP contribution in [0.1, 0.15) is 1.43 Å². The van der Waals surface area contributed by atoms with Crippen LogP contribution in [0, 0.1) is 5.82 Å². The molecule has 10 heavy (non-hydrogen) atoms. The normalized spacial score (nSPS) is 6.10. The molecule has 0 radical (unpaired) electrons. The zero-order chi connectivity index (χ0) is 5.11. The van der Waals surface area contributed by atoms with E-state index in [2.05, 4.69) is 0 Å². The first-order valence-electron chi connectivity index (χ1n) is 2.10. The van der Waals surface area contributed by atoms with Crippen molar-refractivity contribution in [2.24, 2.45) is 0 Å². The fraction of sp³-hybridized carbons (Fsp3) is 0. The molecule has 0 heterocycles. The molecule has 0 saturated heterocycles. The summed E-state index contributed by atoms with van der Waals surface area (Å²) in [4.78, 5) is 0. The second kappa shape index (κ2) is 10.0. The maximum absolute atomic E-state index is 11.9. The summed E-state index contributed by atoms with van der Waals surface area (Å²) in [5, 5.41) is 0. The summed E-state index contributed by atoms with van der Waals surface area (Å²) in [7, 11) is 0. The van der Waals surface area contributed by atoms with Crippen LogP contribution in [-0.2, 0) is 0 Å². The molecule has 0 nitrogen and oxygen atoms in total. The van der Waals surface area contributed by atoms with Crippen molar-refractivity contribution in [1.82, 2.24) is 0 Å². The molecule has 1 aromatic carbocycles. The van der Waals surface area contributed by atoms with E-state index in [9.17, 15) is 4.39 Å². The van der Waals surface area contributed by atoms with E-state index in [-0.39, 0.29) is 75.7 Å². The van der Waals surface area contributed by atoms with Gasteiger partial charge in [-0.05, 0) is 12.1 Å². The third-order valence-corrected chi connectivity index (χ3v) is 0.733. The van der Waals surface area contributed by atoms with Gasteiger partial charge in [-0.3, -0.25) is 4.70 Å². The van der Waals surface area contributed by atoms with E-state index in [1.165, 1.54) is 12.1 Å². The van der Waals surface area contributed by atoms with Crippen molar-refractivity contribution in [3.63, 3.8) is 0 Å². The summed E-state index contributed by atoms with van der Waals surface area (Å²) in [6.45, 7) is 0. The van der Waals surface area contributed by atoms with Crippen LogP contribution in [0.3, 0.4) is 0 Å². The Morgan fingerprint density at radius 3 is 1.70 bits per heavy atom. The van der Waals surface area contributed by atoms with Crippen molar-refractivity contribution >= 4 is 12.4 Å². The molecule has 1 aromatic rings. The summed E-state index contributed by atoms with van der Waals surface area (Å²) in [5.41, 5.74) is 0. The first kappa shape index (κ1) is 17.2. The van der Waals surface area contributed by atoms with Gasteiger partial charge in [-0.1, -0.05) is 18.2 Å². The topological polar surface area (TPSA) is 0 Å². The molecule has 0 fully saturated rings. The van der Waals surface area contributed by atoms with Gasteiger partial charge in [0, 0.05) is 0 Å². The van der Waals surface area contributed by atoms with Gasteiger partial charge in [0.2, 0.25) is 0 Å². The maximum Gasteiger partial charge on any atom is 1.00 e. The molecule has 0 aromatic heterocycles. The minimum absolute atomic E-state index is 0. The molecular weight excluding hydrogens is 185 g/mol. The van der Waals surface area contributed by atoms with Crippen LogP contribution < -0.4 is 51.4 Å². The number of rotatable bonds is 0. The third-order valence-electron chi connectivity index (χ3n) is 0.733. The second-order valence-corrected chi connectivity index (χ2v) is 1.30. The van der Waals surface area contributed by atoms with Gasteiger partial charge < -0.3 is 1.43 Å². The molecule has 0 spiro atoms. The van der Waals surface area contributed by atoms with Crippen LogP contribution >= 0.6 is 12.4 Å². The Kier molecular flexibility index (Phi) is 17.2. The summed E-state index contributed by atoms with van der Waals surface area (Å²) < 4.78 is 11.9. The first-order chi connectivity index (χ1) is 3.39. The molecule has 0 bridgehead atoms. The first-order valence-corrected chi connectivity index (χ1v) is 2.10. The van der Waals surface area contributed by atoms with Crippen molar-refractivity contribution in [3.05, 3.63) is 36.1 Å². The van der Waals surface area contributed by atoms with Crippen LogP contribution in [-0.4, -0.2) is 0 Å². The van der Waals surface area contributed by atoms with Crippen molar-refractivity contribution in [2.45, 2.75) is 0 Å². The molecule has 4 heteroatoms. The van der Waals surface area contributed by atoms with Gasteiger partial charge in [0.25, 0.3) is 0 Å². The van der Waals surface area contributed by atoms with Crippen LogP contribution in [0.15, 0.2) is 30.3 Å². The number of hydrogen-bond donors (Lipinski definition) is 0. The fourth-order valence-electron chi connectivity index (χ4n) is 0.415. The van der Waals surface area contributed by atoms with Gasteiger partial charge in [0.05, 0.1) is 0 Å². The van der Waals surface area contributed by atoms with Crippen LogP contribution in [0.4, 0.5) is 9.09 Å². The standard InChI is InChI=1S/C6H5F.ClH.FH.K.H/c7-6-4-2-1-3-5-6;;;;/h1-5H;2*1H;;/q;;;+1;-1. The summed E-state index contributed by atoms with van der Waals surface area (Å²) in [5.74, 6) is -0.178. The number of hydrogen-bond acceptors (Lipinski definition) is 0. The molecule has 0 aliphatic heterocycles. The maximum atomic E-state index is 11.9. The van der Waals surface area contributed by atoms with E-state index in [1.54, 1.807) is 18.2 Å². The molecule has 0 unspecified atom stereocenters. The molecule has 1 rings (SSSR count). The zero-order valence-corrected chi connectivity index (χ0v) is 9.52. The summed E-state index contributed by atoms with van der Waals surface area (Å²) in [6.07, 6.45) is 0.